The van der Waals surface area contributed by atoms with Gasteiger partial charge in [-0.25, -0.2) is 8.78 Å². The minimum absolute atomic E-state index is 0.314. The summed E-state index contributed by atoms with van der Waals surface area (Å²) in [5.41, 5.74) is 2.05. The number of nitrogens with one attached hydrogen (secondary N) is 1. The molecule has 1 aliphatic heterocycles. The molecule has 2 aromatic rings. The number of hydrogen-bond acceptors (Lipinski definition) is 3. The number of rotatable bonds is 4. The number of nitrogens with zero attached hydrogens (tertiary/aromatic N) is 2. The van der Waals surface area contributed by atoms with Gasteiger partial charge in [0.15, 0.2) is 0 Å². The van der Waals surface area contributed by atoms with Gasteiger partial charge < -0.3 is 15.1 Å². The molecule has 26 heavy (non-hydrogen) atoms. The van der Waals surface area contributed by atoms with E-state index >= 15 is 0 Å². The third-order valence-corrected chi connectivity index (χ3v) is 4.75. The zero-order chi connectivity index (χ0) is 18.7. The van der Waals surface area contributed by atoms with E-state index in [0.29, 0.717) is 5.56 Å². The molecule has 0 spiro atoms. The minimum atomic E-state index is -0.392. The molecule has 2 aromatic carbocycles. The van der Waals surface area contributed by atoms with E-state index in [1.807, 2.05) is 6.92 Å². The molecular weight excluding hydrogens is 336 g/mol. The molecule has 0 radical (unpaired) electrons. The van der Waals surface area contributed by atoms with Crippen LogP contribution in [0.2, 0.25) is 0 Å². The van der Waals surface area contributed by atoms with Crippen molar-refractivity contribution in [1.82, 2.24) is 10.2 Å². The van der Waals surface area contributed by atoms with Crippen molar-refractivity contribution >= 4 is 11.6 Å². The maximum absolute atomic E-state index is 13.9. The van der Waals surface area contributed by atoms with Gasteiger partial charge in [0.2, 0.25) is 0 Å². The van der Waals surface area contributed by atoms with Crippen LogP contribution in [-0.2, 0) is 0 Å². The standard InChI is InChI=1S/C20H23F2N3O/c1-14(23-20(26)15-3-5-16(21)6-4-15)18-13-17(22)7-8-19(18)25-11-9-24(2)10-12-25/h3-8,13-14H,9-12H2,1-2H3,(H,23,26). The molecule has 4 nitrogen and oxygen atoms in total. The number of anilines is 1. The van der Waals surface area contributed by atoms with E-state index in [4.69, 9.17) is 0 Å². The molecule has 0 aliphatic carbocycles. The number of amides is 1. The highest BCUT2D eigenvalue weighted by molar-refractivity contribution is 5.94. The molecular formula is C20H23F2N3O. The zero-order valence-corrected chi connectivity index (χ0v) is 15.0. The highest BCUT2D eigenvalue weighted by Crippen LogP contribution is 2.28. The van der Waals surface area contributed by atoms with Crippen molar-refractivity contribution in [3.8, 4) is 0 Å². The fourth-order valence-electron chi connectivity index (χ4n) is 3.17. The van der Waals surface area contributed by atoms with Crippen molar-refractivity contribution in [3.05, 3.63) is 65.2 Å². The molecule has 138 valence electrons. The second kappa shape index (κ2) is 7.83. The second-order valence-electron chi connectivity index (χ2n) is 6.70. The molecule has 1 fully saturated rings. The van der Waals surface area contributed by atoms with Crippen LogP contribution in [-0.4, -0.2) is 44.0 Å². The molecule has 1 amide bonds. The van der Waals surface area contributed by atoms with Gasteiger partial charge in [0.25, 0.3) is 5.91 Å². The third-order valence-electron chi connectivity index (χ3n) is 4.75. The highest BCUT2D eigenvalue weighted by Gasteiger charge is 2.21. The van der Waals surface area contributed by atoms with Crippen LogP contribution in [0.3, 0.4) is 0 Å². The van der Waals surface area contributed by atoms with E-state index in [9.17, 15) is 13.6 Å². The normalized spacial score (nSPS) is 16.4. The van der Waals surface area contributed by atoms with E-state index in [2.05, 4.69) is 22.2 Å². The average molecular weight is 359 g/mol. The Bertz CT molecular complexity index is 771. The van der Waals surface area contributed by atoms with Crippen LogP contribution in [0.25, 0.3) is 0 Å². The SMILES string of the molecule is CC(NC(=O)c1ccc(F)cc1)c1cc(F)ccc1N1CCN(C)CC1. The highest BCUT2D eigenvalue weighted by atomic mass is 19.1. The topological polar surface area (TPSA) is 35.6 Å². The Balaban J connectivity index is 1.79. The van der Waals surface area contributed by atoms with Crippen molar-refractivity contribution in [1.29, 1.82) is 0 Å². The number of hydrogen-bond donors (Lipinski definition) is 1. The lowest BCUT2D eigenvalue weighted by Crippen LogP contribution is -2.45. The predicted octanol–water partition coefficient (Wildman–Crippen LogP) is 3.21. The smallest absolute Gasteiger partial charge is 0.251 e. The lowest BCUT2D eigenvalue weighted by molar-refractivity contribution is 0.0940. The van der Waals surface area contributed by atoms with E-state index in [-0.39, 0.29) is 17.8 Å². The lowest BCUT2D eigenvalue weighted by atomic mass is 10.0. The van der Waals surface area contributed by atoms with Gasteiger partial charge >= 0.3 is 0 Å². The third kappa shape index (κ3) is 4.19. The number of halogens is 2. The summed E-state index contributed by atoms with van der Waals surface area (Å²) in [6.45, 7) is 5.41. The van der Waals surface area contributed by atoms with Crippen LogP contribution < -0.4 is 10.2 Å². The first-order valence-electron chi connectivity index (χ1n) is 8.73. The molecule has 1 atom stereocenters. The van der Waals surface area contributed by atoms with Gasteiger partial charge in [0.05, 0.1) is 6.04 Å². The summed E-state index contributed by atoms with van der Waals surface area (Å²) in [5, 5.41) is 2.88. The second-order valence-corrected chi connectivity index (χ2v) is 6.70. The Kier molecular flexibility index (Phi) is 5.52. The fraction of sp³-hybridized carbons (Fsp3) is 0.350. The van der Waals surface area contributed by atoms with E-state index < -0.39 is 5.82 Å². The first-order valence-corrected chi connectivity index (χ1v) is 8.73. The quantitative estimate of drug-likeness (QED) is 0.911. The van der Waals surface area contributed by atoms with Gasteiger partial charge in [-0.2, -0.15) is 0 Å². The fourth-order valence-corrected chi connectivity index (χ4v) is 3.17. The molecule has 1 unspecified atom stereocenters. The summed E-state index contributed by atoms with van der Waals surface area (Å²) < 4.78 is 26.9. The Hall–Kier alpha value is -2.47. The monoisotopic (exact) mass is 359 g/mol. The summed E-state index contributed by atoms with van der Waals surface area (Å²) in [4.78, 5) is 16.9. The Morgan fingerprint density at radius 2 is 1.62 bits per heavy atom. The van der Waals surface area contributed by atoms with Crippen LogP contribution in [0.15, 0.2) is 42.5 Å². The van der Waals surface area contributed by atoms with Gasteiger partial charge in [0, 0.05) is 43.0 Å². The van der Waals surface area contributed by atoms with E-state index in [0.717, 1.165) is 37.4 Å². The number of carbonyl (C=O) groups is 1. The van der Waals surface area contributed by atoms with Crippen molar-refractivity contribution in [2.24, 2.45) is 0 Å². The Morgan fingerprint density at radius 1 is 1.00 bits per heavy atom. The molecule has 3 rings (SSSR count). The van der Waals surface area contributed by atoms with E-state index in [1.54, 1.807) is 6.07 Å². The van der Waals surface area contributed by atoms with Gasteiger partial charge in [-0.15, -0.1) is 0 Å². The molecule has 1 heterocycles. The average Bonchev–Trinajstić information content (AvgIpc) is 2.63. The molecule has 1 saturated heterocycles. The molecule has 1 N–H and O–H groups in total. The molecule has 0 aromatic heterocycles. The number of benzene rings is 2. The lowest BCUT2D eigenvalue weighted by Gasteiger charge is -2.36. The number of piperazine rings is 1. The molecule has 0 saturated carbocycles. The maximum Gasteiger partial charge on any atom is 0.251 e. The first kappa shape index (κ1) is 18.3. The van der Waals surface area contributed by atoms with Gasteiger partial charge in [0.1, 0.15) is 11.6 Å². The van der Waals surface area contributed by atoms with Crippen LogP contribution in [0, 0.1) is 11.6 Å². The van der Waals surface area contributed by atoms with Crippen LogP contribution in [0.1, 0.15) is 28.9 Å². The Morgan fingerprint density at radius 3 is 2.27 bits per heavy atom. The van der Waals surface area contributed by atoms with Gasteiger partial charge in [-0.05, 0) is 56.4 Å². The summed E-state index contributed by atoms with van der Waals surface area (Å²) in [6.07, 6.45) is 0. The maximum atomic E-state index is 13.9. The van der Waals surface area contributed by atoms with Gasteiger partial charge in [-0.3, -0.25) is 4.79 Å². The number of likely N-dealkylation sites (N-methyl/N-ethyl adjacent to an activating group) is 1. The van der Waals surface area contributed by atoms with Crippen LogP contribution in [0.5, 0.6) is 0 Å². The zero-order valence-electron chi connectivity index (χ0n) is 15.0. The Labute approximate surface area is 152 Å². The summed E-state index contributed by atoms with van der Waals surface area (Å²) in [5.74, 6) is -1.04. The molecule has 0 bridgehead atoms. The van der Waals surface area contributed by atoms with E-state index in [1.165, 1.54) is 36.4 Å². The summed E-state index contributed by atoms with van der Waals surface area (Å²) in [7, 11) is 2.08. The van der Waals surface area contributed by atoms with Crippen molar-refractivity contribution in [2.45, 2.75) is 13.0 Å². The van der Waals surface area contributed by atoms with Crippen molar-refractivity contribution < 1.29 is 13.6 Å². The van der Waals surface area contributed by atoms with Crippen molar-refractivity contribution in [2.75, 3.05) is 38.1 Å². The molecule has 1 aliphatic rings. The molecule has 6 heteroatoms. The van der Waals surface area contributed by atoms with Gasteiger partial charge in [-0.1, -0.05) is 0 Å². The predicted molar refractivity (Wildman–Crippen MR) is 98.4 cm³/mol. The summed E-state index contributed by atoms with van der Waals surface area (Å²) in [6, 6.07) is 9.69. The number of carbonyl (C=O) groups excluding carboxylic acids is 1. The largest absolute Gasteiger partial charge is 0.369 e. The van der Waals surface area contributed by atoms with Crippen molar-refractivity contribution in [3.63, 3.8) is 0 Å². The first-order chi connectivity index (χ1) is 12.4. The van der Waals surface area contributed by atoms with Crippen LogP contribution >= 0.6 is 0 Å². The minimum Gasteiger partial charge on any atom is -0.369 e. The van der Waals surface area contributed by atoms with Crippen LogP contribution in [0.4, 0.5) is 14.5 Å². The summed E-state index contributed by atoms with van der Waals surface area (Å²) >= 11 is 0.